The SMILES string of the molecule is CCOC(=O)c1[nH]c(C)c(S(=O)(=O)NCC2CCCO2)c1C. The molecule has 0 aromatic carbocycles. The van der Waals surface area contributed by atoms with E-state index in [1.807, 2.05) is 0 Å². The number of aryl methyl sites for hydroxylation is 1. The van der Waals surface area contributed by atoms with E-state index in [4.69, 9.17) is 9.47 Å². The number of ether oxygens (including phenoxy) is 2. The van der Waals surface area contributed by atoms with Gasteiger partial charge in [0.15, 0.2) is 0 Å². The van der Waals surface area contributed by atoms with Gasteiger partial charge < -0.3 is 14.5 Å². The smallest absolute Gasteiger partial charge is 0.355 e. The quantitative estimate of drug-likeness (QED) is 0.766. The number of esters is 1. The van der Waals surface area contributed by atoms with E-state index in [1.165, 1.54) is 0 Å². The molecule has 2 rings (SSSR count). The Morgan fingerprint density at radius 1 is 1.45 bits per heavy atom. The summed E-state index contributed by atoms with van der Waals surface area (Å²) >= 11 is 0. The Bertz CT molecular complexity index is 644. The van der Waals surface area contributed by atoms with E-state index >= 15 is 0 Å². The number of sulfonamides is 1. The van der Waals surface area contributed by atoms with Crippen molar-refractivity contribution in [2.45, 2.75) is 44.6 Å². The molecule has 1 aliphatic heterocycles. The maximum absolute atomic E-state index is 12.5. The molecule has 0 bridgehead atoms. The first-order chi connectivity index (χ1) is 10.4. The van der Waals surface area contributed by atoms with Gasteiger partial charge >= 0.3 is 5.97 Å². The van der Waals surface area contributed by atoms with Crippen LogP contribution in [0.3, 0.4) is 0 Å². The zero-order valence-electron chi connectivity index (χ0n) is 13.1. The van der Waals surface area contributed by atoms with Crippen molar-refractivity contribution in [1.29, 1.82) is 0 Å². The molecule has 2 heterocycles. The predicted molar refractivity (Wildman–Crippen MR) is 80.4 cm³/mol. The number of rotatable bonds is 6. The summed E-state index contributed by atoms with van der Waals surface area (Å²) in [5.74, 6) is -0.552. The normalized spacial score (nSPS) is 18.6. The lowest BCUT2D eigenvalue weighted by molar-refractivity contribution is 0.0519. The number of hydrogen-bond acceptors (Lipinski definition) is 5. The zero-order chi connectivity index (χ0) is 16.3. The summed E-state index contributed by atoms with van der Waals surface area (Å²) in [6, 6.07) is 0. The highest BCUT2D eigenvalue weighted by molar-refractivity contribution is 7.89. The van der Waals surface area contributed by atoms with Gasteiger partial charge in [0.25, 0.3) is 0 Å². The standard InChI is InChI=1S/C14H22N2O5S/c1-4-20-14(17)12-9(2)13(10(3)16-12)22(18,19)15-8-11-6-5-7-21-11/h11,15-16H,4-8H2,1-3H3. The van der Waals surface area contributed by atoms with Crippen LogP contribution in [0.15, 0.2) is 4.90 Å². The zero-order valence-corrected chi connectivity index (χ0v) is 13.9. The molecule has 0 saturated carbocycles. The number of nitrogens with one attached hydrogen (secondary N) is 2. The van der Waals surface area contributed by atoms with Crippen LogP contribution in [0.5, 0.6) is 0 Å². The van der Waals surface area contributed by atoms with Crippen molar-refractivity contribution in [2.75, 3.05) is 19.8 Å². The van der Waals surface area contributed by atoms with Crippen LogP contribution >= 0.6 is 0 Å². The summed E-state index contributed by atoms with van der Waals surface area (Å²) in [4.78, 5) is 14.7. The predicted octanol–water partition coefficient (Wildman–Crippen LogP) is 1.27. The molecule has 1 atom stereocenters. The van der Waals surface area contributed by atoms with Gasteiger partial charge in [-0.05, 0) is 33.6 Å². The molecule has 0 aliphatic carbocycles. The minimum atomic E-state index is -3.71. The van der Waals surface area contributed by atoms with Crippen LogP contribution < -0.4 is 4.72 Å². The lowest BCUT2D eigenvalue weighted by Gasteiger charge is -2.12. The van der Waals surface area contributed by atoms with Crippen molar-refractivity contribution in [3.63, 3.8) is 0 Å². The number of carbonyl (C=O) groups excluding carboxylic acids is 1. The van der Waals surface area contributed by atoms with Gasteiger partial charge in [0.05, 0.1) is 12.7 Å². The van der Waals surface area contributed by atoms with E-state index in [-0.39, 0.29) is 29.8 Å². The van der Waals surface area contributed by atoms with Crippen molar-refractivity contribution < 1.29 is 22.7 Å². The number of hydrogen-bond donors (Lipinski definition) is 2. The first kappa shape index (κ1) is 17.0. The molecule has 1 aromatic heterocycles. The van der Waals surface area contributed by atoms with Gasteiger partial charge in [0.1, 0.15) is 10.6 Å². The van der Waals surface area contributed by atoms with Crippen molar-refractivity contribution in [1.82, 2.24) is 9.71 Å². The van der Waals surface area contributed by atoms with Crippen molar-refractivity contribution >= 4 is 16.0 Å². The second kappa shape index (κ2) is 6.80. The van der Waals surface area contributed by atoms with E-state index < -0.39 is 16.0 Å². The van der Waals surface area contributed by atoms with Crippen LogP contribution in [0.1, 0.15) is 41.5 Å². The minimum Gasteiger partial charge on any atom is -0.461 e. The van der Waals surface area contributed by atoms with Crippen LogP contribution in [-0.4, -0.2) is 45.2 Å². The molecular formula is C14H22N2O5S. The first-order valence-corrected chi connectivity index (χ1v) is 8.82. The molecule has 7 nitrogen and oxygen atoms in total. The molecule has 1 aromatic rings. The fourth-order valence-electron chi connectivity index (χ4n) is 2.62. The summed E-state index contributed by atoms with van der Waals surface area (Å²) in [5, 5.41) is 0. The van der Waals surface area contributed by atoms with E-state index in [2.05, 4.69) is 9.71 Å². The third kappa shape index (κ3) is 3.50. The largest absolute Gasteiger partial charge is 0.461 e. The van der Waals surface area contributed by atoms with E-state index in [0.29, 0.717) is 17.9 Å². The third-order valence-corrected chi connectivity index (χ3v) is 5.34. The van der Waals surface area contributed by atoms with E-state index in [9.17, 15) is 13.2 Å². The van der Waals surface area contributed by atoms with Gasteiger partial charge in [-0.1, -0.05) is 0 Å². The molecular weight excluding hydrogens is 308 g/mol. The Balaban J connectivity index is 2.21. The summed E-state index contributed by atoms with van der Waals surface area (Å²) in [6.07, 6.45) is 1.71. The Kier molecular flexibility index (Phi) is 5.25. The monoisotopic (exact) mass is 330 g/mol. The van der Waals surface area contributed by atoms with Crippen LogP contribution in [0.4, 0.5) is 0 Å². The highest BCUT2D eigenvalue weighted by Crippen LogP contribution is 2.24. The summed E-state index contributed by atoms with van der Waals surface area (Å²) in [5.41, 5.74) is 0.966. The van der Waals surface area contributed by atoms with Crippen LogP contribution in [0.25, 0.3) is 0 Å². The van der Waals surface area contributed by atoms with Gasteiger partial charge in [0.2, 0.25) is 10.0 Å². The van der Waals surface area contributed by atoms with Gasteiger partial charge in [-0.15, -0.1) is 0 Å². The Morgan fingerprint density at radius 3 is 2.77 bits per heavy atom. The highest BCUT2D eigenvalue weighted by atomic mass is 32.2. The maximum Gasteiger partial charge on any atom is 0.355 e. The van der Waals surface area contributed by atoms with Gasteiger partial charge in [-0.3, -0.25) is 0 Å². The van der Waals surface area contributed by atoms with E-state index in [1.54, 1.807) is 20.8 Å². The van der Waals surface area contributed by atoms with Gasteiger partial charge in [-0.2, -0.15) is 0 Å². The highest BCUT2D eigenvalue weighted by Gasteiger charge is 2.28. The number of aromatic amines is 1. The van der Waals surface area contributed by atoms with Crippen molar-refractivity contribution in [2.24, 2.45) is 0 Å². The Morgan fingerprint density at radius 2 is 2.18 bits per heavy atom. The molecule has 0 spiro atoms. The minimum absolute atomic E-state index is 0.0844. The fraction of sp³-hybridized carbons (Fsp3) is 0.643. The molecule has 2 N–H and O–H groups in total. The molecule has 1 aliphatic rings. The third-order valence-electron chi connectivity index (χ3n) is 3.64. The van der Waals surface area contributed by atoms with Crippen LogP contribution in [0.2, 0.25) is 0 Å². The fourth-order valence-corrected chi connectivity index (χ4v) is 4.13. The second-order valence-corrected chi connectivity index (χ2v) is 6.99. The molecule has 1 saturated heterocycles. The summed E-state index contributed by atoms with van der Waals surface area (Å²) in [7, 11) is -3.71. The number of aromatic nitrogens is 1. The van der Waals surface area contributed by atoms with Gasteiger partial charge in [0, 0.05) is 24.4 Å². The van der Waals surface area contributed by atoms with Crippen LogP contribution in [0, 0.1) is 13.8 Å². The van der Waals surface area contributed by atoms with Crippen LogP contribution in [-0.2, 0) is 19.5 Å². The van der Waals surface area contributed by atoms with Crippen molar-refractivity contribution in [3.05, 3.63) is 17.0 Å². The van der Waals surface area contributed by atoms with E-state index in [0.717, 1.165) is 12.8 Å². The molecule has 0 amide bonds. The molecule has 1 unspecified atom stereocenters. The Labute approximate surface area is 130 Å². The lowest BCUT2D eigenvalue weighted by Crippen LogP contribution is -2.32. The lowest BCUT2D eigenvalue weighted by atomic mass is 10.2. The van der Waals surface area contributed by atoms with Gasteiger partial charge in [-0.25, -0.2) is 17.9 Å². The molecule has 22 heavy (non-hydrogen) atoms. The molecule has 124 valence electrons. The molecule has 1 fully saturated rings. The molecule has 8 heteroatoms. The van der Waals surface area contributed by atoms with Crippen molar-refractivity contribution in [3.8, 4) is 0 Å². The first-order valence-electron chi connectivity index (χ1n) is 7.34. The summed E-state index contributed by atoms with van der Waals surface area (Å²) in [6.45, 7) is 6.05. The summed E-state index contributed by atoms with van der Waals surface area (Å²) < 4.78 is 37.9. The molecule has 0 radical (unpaired) electrons. The maximum atomic E-state index is 12.5. The average molecular weight is 330 g/mol. The number of carbonyl (C=O) groups is 1. The number of H-pyrrole nitrogens is 1. The second-order valence-electron chi connectivity index (χ2n) is 5.29. The topological polar surface area (TPSA) is 97.5 Å². The Hall–Kier alpha value is -1.38. The average Bonchev–Trinajstić information content (AvgIpc) is 3.05.